The molecular weight excluding hydrogens is 206 g/mol. The summed E-state index contributed by atoms with van der Waals surface area (Å²) in [5, 5.41) is 7.62. The molecule has 6 nitrogen and oxygen atoms in total. The first kappa shape index (κ1) is 10.8. The van der Waals surface area contributed by atoms with Crippen LogP contribution in [-0.2, 0) is 4.79 Å². The van der Waals surface area contributed by atoms with Gasteiger partial charge in [-0.05, 0) is 0 Å². The molecule has 0 radical (unpaired) electrons. The fourth-order valence-electron chi connectivity index (χ4n) is 0.808. The van der Waals surface area contributed by atoms with Crippen LogP contribution in [0.1, 0.15) is 0 Å². The molecule has 7 heteroatoms. The second-order valence-electron chi connectivity index (χ2n) is 2.92. The van der Waals surface area contributed by atoms with E-state index in [9.17, 15) is 4.79 Å². The smallest absolute Gasteiger partial charge is 0.215 e. The van der Waals surface area contributed by atoms with Gasteiger partial charge in [-0.1, -0.05) is 11.6 Å². The zero-order chi connectivity index (χ0) is 10.7. The number of rotatable bonds is 2. The van der Waals surface area contributed by atoms with Crippen LogP contribution in [-0.4, -0.2) is 48.5 Å². The third-order valence-corrected chi connectivity index (χ3v) is 1.75. The van der Waals surface area contributed by atoms with Crippen LogP contribution in [0.3, 0.4) is 0 Å². The van der Waals surface area contributed by atoms with E-state index in [1.807, 2.05) is 0 Å². The van der Waals surface area contributed by atoms with Crippen LogP contribution in [0, 0.1) is 0 Å². The highest BCUT2D eigenvalue weighted by atomic mass is 35.5. The Labute approximate surface area is 87.3 Å². The SMILES string of the molecule is CN(C=O)C1=NN(N(C)C)NC(Cl)=C1. The van der Waals surface area contributed by atoms with E-state index >= 15 is 0 Å². The summed E-state index contributed by atoms with van der Waals surface area (Å²) >= 11 is 5.81. The lowest BCUT2D eigenvalue weighted by Gasteiger charge is -2.30. The second kappa shape index (κ2) is 4.30. The van der Waals surface area contributed by atoms with Gasteiger partial charge in [0, 0.05) is 27.2 Å². The van der Waals surface area contributed by atoms with Crippen molar-refractivity contribution in [3.05, 3.63) is 11.2 Å². The Morgan fingerprint density at radius 2 is 2.21 bits per heavy atom. The molecule has 0 aliphatic carbocycles. The molecule has 0 spiro atoms. The Bertz CT molecular complexity index is 288. The molecule has 1 amide bonds. The van der Waals surface area contributed by atoms with E-state index in [1.165, 1.54) is 10.1 Å². The molecule has 0 saturated carbocycles. The molecule has 0 bridgehead atoms. The summed E-state index contributed by atoms with van der Waals surface area (Å²) in [4.78, 5) is 11.8. The molecule has 1 heterocycles. The normalized spacial score (nSPS) is 15.9. The maximum atomic E-state index is 10.5. The molecule has 14 heavy (non-hydrogen) atoms. The molecule has 78 valence electrons. The summed E-state index contributed by atoms with van der Waals surface area (Å²) in [7, 11) is 5.20. The van der Waals surface area contributed by atoms with E-state index in [-0.39, 0.29) is 0 Å². The first-order valence-corrected chi connectivity index (χ1v) is 4.30. The number of hydrazine groups is 2. The summed E-state index contributed by atoms with van der Waals surface area (Å²) in [6.45, 7) is 0. The van der Waals surface area contributed by atoms with Gasteiger partial charge in [0.1, 0.15) is 5.16 Å². The van der Waals surface area contributed by atoms with Crippen molar-refractivity contribution in [1.29, 1.82) is 0 Å². The minimum atomic E-state index is 0.400. The molecule has 1 aliphatic heterocycles. The first-order chi connectivity index (χ1) is 6.54. The number of carbonyl (C=O) groups excluding carboxylic acids is 1. The summed E-state index contributed by atoms with van der Waals surface area (Å²) in [5.41, 5.74) is 2.78. The number of nitrogens with one attached hydrogen (secondary N) is 1. The lowest BCUT2D eigenvalue weighted by Crippen LogP contribution is -2.46. The first-order valence-electron chi connectivity index (χ1n) is 3.92. The standard InChI is InChI=1S/C7H12ClN5O/c1-11(2)13-9-6(8)4-7(10-13)12(3)5-14/h4-5,9H,1-3H3. The molecule has 0 unspecified atom stereocenters. The zero-order valence-corrected chi connectivity index (χ0v) is 8.99. The summed E-state index contributed by atoms with van der Waals surface area (Å²) < 4.78 is 0. The maximum Gasteiger partial charge on any atom is 0.215 e. The maximum absolute atomic E-state index is 10.5. The zero-order valence-electron chi connectivity index (χ0n) is 8.23. The molecule has 1 aliphatic rings. The number of likely N-dealkylation sites (N-methyl/N-ethyl adjacent to an activating group) is 1. The van der Waals surface area contributed by atoms with Gasteiger partial charge in [0.2, 0.25) is 6.41 Å². The number of amides is 1. The highest BCUT2D eigenvalue weighted by Gasteiger charge is 2.15. The molecule has 1 N–H and O–H groups in total. The monoisotopic (exact) mass is 217 g/mol. The van der Waals surface area contributed by atoms with Crippen LogP contribution < -0.4 is 5.43 Å². The van der Waals surface area contributed by atoms with Crippen molar-refractivity contribution in [1.82, 2.24) is 20.6 Å². The summed E-state index contributed by atoms with van der Waals surface area (Å²) in [6, 6.07) is 0. The molecule has 0 saturated heterocycles. The van der Waals surface area contributed by atoms with Crippen LogP contribution in [0.5, 0.6) is 0 Å². The Morgan fingerprint density at radius 1 is 1.57 bits per heavy atom. The average molecular weight is 218 g/mol. The third kappa shape index (κ3) is 2.36. The third-order valence-electron chi connectivity index (χ3n) is 1.56. The van der Waals surface area contributed by atoms with Crippen molar-refractivity contribution in [2.75, 3.05) is 21.1 Å². The van der Waals surface area contributed by atoms with Crippen LogP contribution in [0.4, 0.5) is 0 Å². The van der Waals surface area contributed by atoms with E-state index in [2.05, 4.69) is 10.5 Å². The number of amidine groups is 1. The highest BCUT2D eigenvalue weighted by Crippen LogP contribution is 2.07. The highest BCUT2D eigenvalue weighted by molar-refractivity contribution is 6.31. The molecule has 0 aromatic carbocycles. The van der Waals surface area contributed by atoms with Gasteiger partial charge in [0.25, 0.3) is 0 Å². The van der Waals surface area contributed by atoms with Gasteiger partial charge in [0.05, 0.1) is 0 Å². The Hall–Kier alpha value is -1.27. The number of nitrogens with zero attached hydrogens (tertiary/aromatic N) is 4. The average Bonchev–Trinajstić information content (AvgIpc) is 2.15. The topological polar surface area (TPSA) is 51.2 Å². The van der Waals surface area contributed by atoms with E-state index in [0.717, 1.165) is 0 Å². The van der Waals surface area contributed by atoms with E-state index in [0.29, 0.717) is 17.4 Å². The molecular formula is C7H12ClN5O. The van der Waals surface area contributed by atoms with Gasteiger partial charge in [0.15, 0.2) is 5.84 Å². The summed E-state index contributed by atoms with van der Waals surface area (Å²) in [5.74, 6) is 0.470. The molecule has 0 aromatic heterocycles. The predicted octanol–water partition coefficient (Wildman–Crippen LogP) is -0.235. The van der Waals surface area contributed by atoms with Crippen LogP contribution in [0.25, 0.3) is 0 Å². The number of hydrazone groups is 1. The number of hydrogen-bond acceptors (Lipinski definition) is 5. The van der Waals surface area contributed by atoms with Crippen LogP contribution >= 0.6 is 11.6 Å². The summed E-state index contributed by atoms with van der Waals surface area (Å²) in [6.07, 6.45) is 2.23. The van der Waals surface area contributed by atoms with Gasteiger partial charge in [-0.15, -0.1) is 10.3 Å². The number of halogens is 1. The van der Waals surface area contributed by atoms with Crippen molar-refractivity contribution in [3.63, 3.8) is 0 Å². The second-order valence-corrected chi connectivity index (χ2v) is 3.32. The lowest BCUT2D eigenvalue weighted by molar-refractivity contribution is -0.114. The Morgan fingerprint density at radius 3 is 2.71 bits per heavy atom. The largest absolute Gasteiger partial charge is 0.301 e. The number of carbonyl (C=O) groups is 1. The van der Waals surface area contributed by atoms with Crippen molar-refractivity contribution in [3.8, 4) is 0 Å². The van der Waals surface area contributed by atoms with Crippen LogP contribution in [0.2, 0.25) is 0 Å². The number of hydrogen-bond donors (Lipinski definition) is 1. The molecule has 0 atom stereocenters. The molecule has 1 rings (SSSR count). The molecule has 0 aromatic rings. The van der Waals surface area contributed by atoms with E-state index in [1.54, 1.807) is 32.2 Å². The van der Waals surface area contributed by atoms with Gasteiger partial charge in [-0.25, -0.2) is 0 Å². The lowest BCUT2D eigenvalue weighted by atomic mass is 10.5. The van der Waals surface area contributed by atoms with Gasteiger partial charge >= 0.3 is 0 Å². The van der Waals surface area contributed by atoms with Crippen molar-refractivity contribution < 1.29 is 4.79 Å². The quantitative estimate of drug-likeness (QED) is 0.513. The van der Waals surface area contributed by atoms with Crippen molar-refractivity contribution >= 4 is 23.8 Å². The van der Waals surface area contributed by atoms with Gasteiger partial charge in [-0.3, -0.25) is 10.2 Å². The van der Waals surface area contributed by atoms with Gasteiger partial charge in [-0.2, -0.15) is 5.01 Å². The van der Waals surface area contributed by atoms with Gasteiger partial charge < -0.3 is 4.90 Å². The van der Waals surface area contributed by atoms with E-state index in [4.69, 9.17) is 11.6 Å². The Kier molecular flexibility index (Phi) is 3.32. The fraction of sp³-hybridized carbons (Fsp3) is 0.429. The minimum Gasteiger partial charge on any atom is -0.301 e. The fourth-order valence-corrected chi connectivity index (χ4v) is 0.981. The minimum absolute atomic E-state index is 0.400. The van der Waals surface area contributed by atoms with Crippen LogP contribution in [0.15, 0.2) is 16.3 Å². The van der Waals surface area contributed by atoms with Crippen molar-refractivity contribution in [2.24, 2.45) is 5.10 Å². The van der Waals surface area contributed by atoms with E-state index < -0.39 is 0 Å². The Balaban J connectivity index is 2.87. The molecule has 0 fully saturated rings. The van der Waals surface area contributed by atoms with Crippen molar-refractivity contribution in [2.45, 2.75) is 0 Å². The predicted molar refractivity (Wildman–Crippen MR) is 53.9 cm³/mol.